The second kappa shape index (κ2) is 8.01. The lowest BCUT2D eigenvalue weighted by molar-refractivity contribution is -0.119. The maximum atomic E-state index is 13.1. The summed E-state index contributed by atoms with van der Waals surface area (Å²) < 4.78 is 5.45. The van der Waals surface area contributed by atoms with Crippen molar-refractivity contribution in [2.45, 2.75) is 51.7 Å². The minimum absolute atomic E-state index is 0.0365. The van der Waals surface area contributed by atoms with Crippen LogP contribution in [0.3, 0.4) is 0 Å². The van der Waals surface area contributed by atoms with Crippen molar-refractivity contribution in [2.24, 2.45) is 0 Å². The third kappa shape index (κ3) is 4.50. The molecule has 0 aliphatic heterocycles. The molecule has 5 nitrogen and oxygen atoms in total. The molecule has 2 aromatic rings. The third-order valence-electron chi connectivity index (χ3n) is 4.67. The number of nitrogens with zero attached hydrogens (tertiary/aromatic N) is 1. The molecule has 1 aromatic heterocycles. The smallest absolute Gasteiger partial charge is 0.254 e. The summed E-state index contributed by atoms with van der Waals surface area (Å²) in [5, 5.41) is 2.76. The fourth-order valence-electron chi connectivity index (χ4n) is 3.31. The van der Waals surface area contributed by atoms with Crippen LogP contribution in [0.15, 0.2) is 47.1 Å². The molecule has 3 rings (SSSR count). The van der Waals surface area contributed by atoms with Gasteiger partial charge in [-0.3, -0.25) is 9.59 Å². The van der Waals surface area contributed by atoms with Crippen molar-refractivity contribution < 1.29 is 14.0 Å². The molecule has 1 fully saturated rings. The number of hydrogen-bond acceptors (Lipinski definition) is 3. The van der Waals surface area contributed by atoms with Gasteiger partial charge in [-0.2, -0.15) is 0 Å². The normalized spacial score (nSPS) is 14.4. The molecule has 0 bridgehead atoms. The van der Waals surface area contributed by atoms with E-state index in [0.29, 0.717) is 18.7 Å². The largest absolute Gasteiger partial charge is 0.467 e. The number of carbonyl (C=O) groups excluding carboxylic acids is 2. The summed E-state index contributed by atoms with van der Waals surface area (Å²) in [6, 6.07) is 11.5. The van der Waals surface area contributed by atoms with Crippen LogP contribution < -0.4 is 5.32 Å². The Hall–Kier alpha value is -2.56. The van der Waals surface area contributed by atoms with Crippen LogP contribution in [0.4, 0.5) is 0 Å². The number of amides is 2. The molecule has 1 heterocycles. The zero-order valence-electron chi connectivity index (χ0n) is 14.5. The molecule has 25 heavy (non-hydrogen) atoms. The molecular formula is C20H24N2O3. The molecule has 1 aliphatic rings. The summed E-state index contributed by atoms with van der Waals surface area (Å²) in [5.41, 5.74) is 1.65. The Kier molecular flexibility index (Phi) is 5.53. The van der Waals surface area contributed by atoms with E-state index < -0.39 is 0 Å². The zero-order valence-corrected chi connectivity index (χ0v) is 14.5. The van der Waals surface area contributed by atoms with Gasteiger partial charge in [0.05, 0.1) is 12.8 Å². The Morgan fingerprint density at radius 3 is 2.48 bits per heavy atom. The van der Waals surface area contributed by atoms with Crippen LogP contribution in [-0.2, 0) is 17.9 Å². The van der Waals surface area contributed by atoms with Crippen LogP contribution in [0.25, 0.3) is 0 Å². The fourth-order valence-corrected chi connectivity index (χ4v) is 3.31. The second-order valence-electron chi connectivity index (χ2n) is 6.56. The van der Waals surface area contributed by atoms with E-state index in [-0.39, 0.29) is 17.9 Å². The van der Waals surface area contributed by atoms with Gasteiger partial charge < -0.3 is 14.6 Å². The monoisotopic (exact) mass is 340 g/mol. The number of benzene rings is 1. The molecule has 1 aliphatic carbocycles. The number of furan rings is 1. The van der Waals surface area contributed by atoms with Gasteiger partial charge in [-0.1, -0.05) is 25.0 Å². The first-order chi connectivity index (χ1) is 12.1. The van der Waals surface area contributed by atoms with Gasteiger partial charge in [0.15, 0.2) is 0 Å². The summed E-state index contributed by atoms with van der Waals surface area (Å²) in [7, 11) is 0. The Labute approximate surface area is 148 Å². The van der Waals surface area contributed by atoms with Crippen molar-refractivity contribution in [2.75, 3.05) is 0 Å². The van der Waals surface area contributed by atoms with Crippen LogP contribution in [0.5, 0.6) is 0 Å². The Morgan fingerprint density at radius 1 is 1.16 bits per heavy atom. The molecule has 5 heteroatoms. The number of carbonyl (C=O) groups is 2. The van der Waals surface area contributed by atoms with Crippen molar-refractivity contribution in [3.8, 4) is 0 Å². The van der Waals surface area contributed by atoms with E-state index >= 15 is 0 Å². The lowest BCUT2D eigenvalue weighted by Crippen LogP contribution is -2.38. The van der Waals surface area contributed by atoms with E-state index in [1.165, 1.54) is 19.8 Å². The summed E-state index contributed by atoms with van der Waals surface area (Å²) in [4.78, 5) is 26.0. The topological polar surface area (TPSA) is 62.6 Å². The quantitative estimate of drug-likeness (QED) is 0.875. The second-order valence-corrected chi connectivity index (χ2v) is 6.56. The minimum atomic E-state index is -0.0639. The summed E-state index contributed by atoms with van der Waals surface area (Å²) in [5.74, 6) is 0.780. The molecule has 0 saturated heterocycles. The van der Waals surface area contributed by atoms with Crippen LogP contribution >= 0.6 is 0 Å². The molecule has 0 radical (unpaired) electrons. The summed E-state index contributed by atoms with van der Waals surface area (Å²) in [6.07, 6.45) is 6.08. The van der Waals surface area contributed by atoms with Gasteiger partial charge in [-0.25, -0.2) is 0 Å². The third-order valence-corrected chi connectivity index (χ3v) is 4.67. The van der Waals surface area contributed by atoms with Crippen molar-refractivity contribution in [3.63, 3.8) is 0 Å². The standard InChI is InChI=1S/C20H24N2O3/c1-15(23)21-13-16-8-10-17(11-9-16)20(24)22(18-5-2-3-6-18)14-19-7-4-12-25-19/h4,7-12,18H,2-3,5-6,13-14H2,1H3,(H,21,23). The van der Waals surface area contributed by atoms with Crippen molar-refractivity contribution in [1.29, 1.82) is 0 Å². The molecule has 0 unspecified atom stereocenters. The molecule has 0 spiro atoms. The molecule has 2 amide bonds. The van der Waals surface area contributed by atoms with Gasteiger partial charge in [0.25, 0.3) is 5.91 Å². The zero-order chi connectivity index (χ0) is 17.6. The molecular weight excluding hydrogens is 316 g/mol. The predicted octanol–water partition coefficient (Wildman–Crippen LogP) is 3.50. The van der Waals surface area contributed by atoms with Gasteiger partial charge in [-0.15, -0.1) is 0 Å². The number of hydrogen-bond donors (Lipinski definition) is 1. The van der Waals surface area contributed by atoms with Crippen molar-refractivity contribution in [3.05, 3.63) is 59.5 Å². The Bertz CT molecular complexity index is 701. The average molecular weight is 340 g/mol. The highest BCUT2D eigenvalue weighted by Crippen LogP contribution is 2.26. The van der Waals surface area contributed by atoms with E-state index in [2.05, 4.69) is 5.32 Å². The predicted molar refractivity (Wildman–Crippen MR) is 94.8 cm³/mol. The van der Waals surface area contributed by atoms with Crippen LogP contribution in [0, 0.1) is 0 Å². The van der Waals surface area contributed by atoms with Gasteiger partial charge in [-0.05, 0) is 42.7 Å². The summed E-state index contributed by atoms with van der Waals surface area (Å²) >= 11 is 0. The summed E-state index contributed by atoms with van der Waals surface area (Å²) in [6.45, 7) is 2.47. The minimum Gasteiger partial charge on any atom is -0.467 e. The van der Waals surface area contributed by atoms with Crippen LogP contribution in [0.2, 0.25) is 0 Å². The lowest BCUT2D eigenvalue weighted by atomic mass is 10.1. The molecule has 0 atom stereocenters. The van der Waals surface area contributed by atoms with E-state index in [1.807, 2.05) is 41.3 Å². The van der Waals surface area contributed by atoms with Gasteiger partial charge >= 0.3 is 0 Å². The van der Waals surface area contributed by atoms with E-state index in [9.17, 15) is 9.59 Å². The molecule has 1 saturated carbocycles. The van der Waals surface area contributed by atoms with Crippen molar-refractivity contribution in [1.82, 2.24) is 10.2 Å². The highest BCUT2D eigenvalue weighted by atomic mass is 16.3. The van der Waals surface area contributed by atoms with E-state index in [0.717, 1.165) is 24.2 Å². The average Bonchev–Trinajstić information content (AvgIpc) is 3.31. The highest BCUT2D eigenvalue weighted by molar-refractivity contribution is 5.94. The number of rotatable bonds is 6. The maximum Gasteiger partial charge on any atom is 0.254 e. The first-order valence-electron chi connectivity index (χ1n) is 8.80. The van der Waals surface area contributed by atoms with E-state index in [1.54, 1.807) is 6.26 Å². The molecule has 1 aromatic carbocycles. The maximum absolute atomic E-state index is 13.1. The Morgan fingerprint density at radius 2 is 1.88 bits per heavy atom. The first kappa shape index (κ1) is 17.3. The van der Waals surface area contributed by atoms with Gasteiger partial charge in [0.1, 0.15) is 5.76 Å². The Balaban J connectivity index is 1.73. The first-order valence-corrected chi connectivity index (χ1v) is 8.80. The molecule has 1 N–H and O–H groups in total. The van der Waals surface area contributed by atoms with E-state index in [4.69, 9.17) is 4.42 Å². The van der Waals surface area contributed by atoms with Gasteiger partial charge in [0, 0.05) is 25.1 Å². The lowest BCUT2D eigenvalue weighted by Gasteiger charge is -2.28. The SMILES string of the molecule is CC(=O)NCc1ccc(C(=O)N(Cc2ccco2)C2CCCC2)cc1. The fraction of sp³-hybridized carbons (Fsp3) is 0.400. The van der Waals surface area contributed by atoms with Crippen LogP contribution in [-0.4, -0.2) is 22.8 Å². The number of nitrogens with one attached hydrogen (secondary N) is 1. The highest BCUT2D eigenvalue weighted by Gasteiger charge is 2.28. The van der Waals surface area contributed by atoms with Gasteiger partial charge in [0.2, 0.25) is 5.91 Å². The van der Waals surface area contributed by atoms with Crippen LogP contribution in [0.1, 0.15) is 54.3 Å². The molecule has 132 valence electrons. The van der Waals surface area contributed by atoms with Crippen molar-refractivity contribution >= 4 is 11.8 Å².